The van der Waals surface area contributed by atoms with Crippen LogP contribution in [0.5, 0.6) is 0 Å². The normalized spacial score (nSPS) is 11.6. The second kappa shape index (κ2) is 10.6. The number of aryl methyl sites for hydroxylation is 1. The summed E-state index contributed by atoms with van der Waals surface area (Å²) in [5.41, 5.74) is 1.99. The molecule has 2 aromatic rings. The van der Waals surface area contributed by atoms with Crippen LogP contribution in [0.2, 0.25) is 0 Å². The number of benzene rings is 1. The average molecular weight is 387 g/mol. The van der Waals surface area contributed by atoms with E-state index in [1.54, 1.807) is 0 Å². The topological polar surface area (TPSA) is 32.3 Å². The monoisotopic (exact) mass is 386 g/mol. The van der Waals surface area contributed by atoms with E-state index >= 15 is 0 Å². The van der Waals surface area contributed by atoms with Crippen molar-refractivity contribution in [2.75, 3.05) is 13.1 Å². The van der Waals surface area contributed by atoms with Gasteiger partial charge in [0.25, 0.3) is 5.91 Å². The lowest BCUT2D eigenvalue weighted by atomic mass is 10.1. The van der Waals surface area contributed by atoms with Crippen LogP contribution in [0, 0.1) is 18.8 Å². The second-order valence-corrected chi connectivity index (χ2v) is 9.58. The third kappa shape index (κ3) is 7.86. The van der Waals surface area contributed by atoms with Crippen molar-refractivity contribution in [3.63, 3.8) is 0 Å². The molecule has 1 aromatic heterocycles. The third-order valence-electron chi connectivity index (χ3n) is 4.49. The van der Waals surface area contributed by atoms with Crippen LogP contribution in [-0.4, -0.2) is 23.9 Å². The molecule has 0 saturated carbocycles. The van der Waals surface area contributed by atoms with E-state index in [1.165, 1.54) is 21.7 Å². The molecule has 0 aliphatic heterocycles. The number of nitrogens with one attached hydrogen (secondary N) is 1. The Kier molecular flexibility index (Phi) is 8.52. The summed E-state index contributed by atoms with van der Waals surface area (Å²) >= 11 is 1.88. The molecule has 2 rings (SSSR count). The summed E-state index contributed by atoms with van der Waals surface area (Å²) in [5.74, 6) is 1.18. The van der Waals surface area contributed by atoms with Gasteiger partial charge in [-0.15, -0.1) is 11.3 Å². The molecule has 0 atom stereocenters. The fourth-order valence-electron chi connectivity index (χ4n) is 2.86. The predicted molar refractivity (Wildman–Crippen MR) is 116 cm³/mol. The molecule has 0 spiro atoms. The first-order valence-electron chi connectivity index (χ1n) is 9.98. The van der Waals surface area contributed by atoms with E-state index in [-0.39, 0.29) is 5.91 Å². The van der Waals surface area contributed by atoms with Gasteiger partial charge in [0.15, 0.2) is 0 Å². The van der Waals surface area contributed by atoms with Crippen molar-refractivity contribution in [1.29, 1.82) is 0 Å². The van der Waals surface area contributed by atoms with E-state index in [4.69, 9.17) is 0 Å². The fraction of sp³-hybridized carbons (Fsp3) is 0.522. The zero-order valence-electron chi connectivity index (χ0n) is 17.4. The highest BCUT2D eigenvalue weighted by Gasteiger charge is 2.11. The number of thiophene rings is 1. The van der Waals surface area contributed by atoms with Gasteiger partial charge in [-0.05, 0) is 61.6 Å². The molecule has 1 heterocycles. The van der Waals surface area contributed by atoms with Gasteiger partial charge >= 0.3 is 0 Å². The maximum absolute atomic E-state index is 12.2. The summed E-state index contributed by atoms with van der Waals surface area (Å²) in [6, 6.07) is 12.5. The summed E-state index contributed by atoms with van der Waals surface area (Å²) in [7, 11) is 0. The lowest BCUT2D eigenvalue weighted by Crippen LogP contribution is -2.27. The van der Waals surface area contributed by atoms with E-state index in [0.717, 1.165) is 25.2 Å². The van der Waals surface area contributed by atoms with Crippen molar-refractivity contribution in [1.82, 2.24) is 10.2 Å². The Hall–Kier alpha value is -1.65. The zero-order valence-corrected chi connectivity index (χ0v) is 18.2. The highest BCUT2D eigenvalue weighted by atomic mass is 32.1. The lowest BCUT2D eigenvalue weighted by molar-refractivity contribution is 0.0949. The highest BCUT2D eigenvalue weighted by Crippen LogP contribution is 2.19. The summed E-state index contributed by atoms with van der Waals surface area (Å²) in [6.07, 6.45) is 1.19. The van der Waals surface area contributed by atoms with E-state index in [1.807, 2.05) is 23.5 Å². The molecule has 1 aromatic carbocycles. The standard InChI is InChI=1S/C23H34N2OS/c1-17(2)12-13-25(16-22-11-6-19(5)27-22)15-20-7-9-21(10-8-20)23(26)24-14-18(3)4/h6-11,17-18H,12-16H2,1-5H3,(H,24,26). The fourth-order valence-corrected chi connectivity index (χ4v) is 3.80. The van der Waals surface area contributed by atoms with Crippen LogP contribution >= 0.6 is 11.3 Å². The molecule has 27 heavy (non-hydrogen) atoms. The van der Waals surface area contributed by atoms with Crippen LogP contribution in [0.4, 0.5) is 0 Å². The van der Waals surface area contributed by atoms with Gasteiger partial charge in [0.2, 0.25) is 0 Å². The van der Waals surface area contributed by atoms with Crippen LogP contribution in [0.1, 0.15) is 59.8 Å². The molecule has 1 N–H and O–H groups in total. The van der Waals surface area contributed by atoms with Crippen LogP contribution in [0.3, 0.4) is 0 Å². The minimum absolute atomic E-state index is 0.0148. The molecule has 0 bridgehead atoms. The lowest BCUT2D eigenvalue weighted by Gasteiger charge is -2.23. The van der Waals surface area contributed by atoms with Gasteiger partial charge in [-0.2, -0.15) is 0 Å². The van der Waals surface area contributed by atoms with Gasteiger partial charge in [0.05, 0.1) is 0 Å². The molecule has 148 valence electrons. The molecule has 0 saturated heterocycles. The smallest absolute Gasteiger partial charge is 0.251 e. The van der Waals surface area contributed by atoms with Crippen LogP contribution in [-0.2, 0) is 13.1 Å². The van der Waals surface area contributed by atoms with E-state index in [2.05, 4.69) is 69.1 Å². The van der Waals surface area contributed by atoms with Crippen molar-refractivity contribution in [3.05, 3.63) is 57.3 Å². The maximum Gasteiger partial charge on any atom is 0.251 e. The molecule has 0 aliphatic carbocycles. The largest absolute Gasteiger partial charge is 0.352 e. The van der Waals surface area contributed by atoms with Gasteiger partial charge in [-0.1, -0.05) is 39.8 Å². The molecular weight excluding hydrogens is 352 g/mol. The van der Waals surface area contributed by atoms with Gasteiger partial charge in [0, 0.05) is 35.0 Å². The Morgan fingerprint density at radius 1 is 1.00 bits per heavy atom. The molecule has 0 radical (unpaired) electrons. The number of amides is 1. The summed E-state index contributed by atoms with van der Waals surface area (Å²) < 4.78 is 0. The molecule has 1 amide bonds. The van der Waals surface area contributed by atoms with Crippen molar-refractivity contribution < 1.29 is 4.79 Å². The number of carbonyl (C=O) groups excluding carboxylic acids is 1. The highest BCUT2D eigenvalue weighted by molar-refractivity contribution is 7.11. The first-order chi connectivity index (χ1) is 12.8. The molecule has 0 fully saturated rings. The quantitative estimate of drug-likeness (QED) is 0.585. The Morgan fingerprint density at radius 3 is 2.26 bits per heavy atom. The van der Waals surface area contributed by atoms with Gasteiger partial charge in [0.1, 0.15) is 0 Å². The Balaban J connectivity index is 1.99. The van der Waals surface area contributed by atoms with Crippen molar-refractivity contribution in [3.8, 4) is 0 Å². The SMILES string of the molecule is Cc1ccc(CN(CCC(C)C)Cc2ccc(C(=O)NCC(C)C)cc2)s1. The van der Waals surface area contributed by atoms with Gasteiger partial charge in [-0.25, -0.2) is 0 Å². The number of hydrogen-bond acceptors (Lipinski definition) is 3. The van der Waals surface area contributed by atoms with E-state index in [9.17, 15) is 4.79 Å². The van der Waals surface area contributed by atoms with Crippen molar-refractivity contribution in [2.45, 2.75) is 54.1 Å². The molecular formula is C23H34N2OS. The van der Waals surface area contributed by atoms with Crippen LogP contribution in [0.15, 0.2) is 36.4 Å². The summed E-state index contributed by atoms with van der Waals surface area (Å²) in [5, 5.41) is 2.98. The molecule has 3 nitrogen and oxygen atoms in total. The number of nitrogens with zero attached hydrogens (tertiary/aromatic N) is 1. The second-order valence-electron chi connectivity index (χ2n) is 8.21. The average Bonchev–Trinajstić information content (AvgIpc) is 3.03. The number of hydrogen-bond donors (Lipinski definition) is 1. The first-order valence-corrected chi connectivity index (χ1v) is 10.8. The minimum Gasteiger partial charge on any atom is -0.352 e. The Labute approximate surface area is 168 Å². The molecule has 4 heteroatoms. The number of carbonyl (C=O) groups is 1. The van der Waals surface area contributed by atoms with Crippen LogP contribution < -0.4 is 5.32 Å². The summed E-state index contributed by atoms with van der Waals surface area (Å²) in [4.78, 5) is 17.5. The zero-order chi connectivity index (χ0) is 19.8. The van der Waals surface area contributed by atoms with Gasteiger partial charge < -0.3 is 5.32 Å². The Bertz CT molecular complexity index is 703. The molecule has 0 unspecified atom stereocenters. The summed E-state index contributed by atoms with van der Waals surface area (Å²) in [6.45, 7) is 14.6. The Morgan fingerprint density at radius 2 is 1.70 bits per heavy atom. The maximum atomic E-state index is 12.2. The van der Waals surface area contributed by atoms with Crippen LogP contribution in [0.25, 0.3) is 0 Å². The number of rotatable bonds is 10. The molecule has 0 aliphatic rings. The third-order valence-corrected chi connectivity index (χ3v) is 5.48. The minimum atomic E-state index is 0.0148. The van der Waals surface area contributed by atoms with Crippen molar-refractivity contribution >= 4 is 17.2 Å². The van der Waals surface area contributed by atoms with Gasteiger partial charge in [-0.3, -0.25) is 9.69 Å². The first kappa shape index (κ1) is 21.6. The predicted octanol–water partition coefficient (Wildman–Crippen LogP) is 5.49. The van der Waals surface area contributed by atoms with E-state index in [0.29, 0.717) is 18.4 Å². The van der Waals surface area contributed by atoms with E-state index < -0.39 is 0 Å². The van der Waals surface area contributed by atoms with Crippen molar-refractivity contribution in [2.24, 2.45) is 11.8 Å².